The van der Waals surface area contributed by atoms with Crippen LogP contribution in [0.2, 0.25) is 0 Å². The number of carboxylic acids is 1. The first kappa shape index (κ1) is 10.0. The van der Waals surface area contributed by atoms with Gasteiger partial charge < -0.3 is 9.84 Å². The lowest BCUT2D eigenvalue weighted by atomic mass is 9.83. The van der Waals surface area contributed by atoms with Crippen molar-refractivity contribution in [1.29, 1.82) is 0 Å². The lowest BCUT2D eigenvalue weighted by Gasteiger charge is -2.23. The van der Waals surface area contributed by atoms with Crippen molar-refractivity contribution in [3.05, 3.63) is 29.3 Å². The first-order valence-electron chi connectivity index (χ1n) is 5.10. The van der Waals surface area contributed by atoms with E-state index >= 15 is 0 Å². The monoisotopic (exact) mass is 206 g/mol. The number of hydrogen-bond donors (Lipinski definition) is 1. The van der Waals surface area contributed by atoms with Gasteiger partial charge in [-0.25, -0.2) is 0 Å². The normalized spacial score (nSPS) is 19.4. The topological polar surface area (TPSA) is 46.5 Å². The zero-order valence-corrected chi connectivity index (χ0v) is 8.69. The molecule has 1 aromatic carbocycles. The largest absolute Gasteiger partial charge is 0.496 e. The Kier molecular flexibility index (Phi) is 2.62. The molecule has 0 spiro atoms. The van der Waals surface area contributed by atoms with Crippen molar-refractivity contribution in [3.8, 4) is 5.75 Å². The van der Waals surface area contributed by atoms with Crippen molar-refractivity contribution >= 4 is 5.97 Å². The highest BCUT2D eigenvalue weighted by Crippen LogP contribution is 2.32. The van der Waals surface area contributed by atoms with Crippen molar-refractivity contribution < 1.29 is 14.6 Å². The van der Waals surface area contributed by atoms with Crippen molar-refractivity contribution in [2.24, 2.45) is 5.92 Å². The van der Waals surface area contributed by atoms with Gasteiger partial charge in [0.2, 0.25) is 0 Å². The van der Waals surface area contributed by atoms with Gasteiger partial charge in [-0.3, -0.25) is 4.79 Å². The van der Waals surface area contributed by atoms with E-state index in [4.69, 9.17) is 9.84 Å². The van der Waals surface area contributed by atoms with Gasteiger partial charge in [0, 0.05) is 0 Å². The highest BCUT2D eigenvalue weighted by atomic mass is 16.5. The lowest BCUT2D eigenvalue weighted by molar-refractivity contribution is -0.142. The highest BCUT2D eigenvalue weighted by molar-refractivity contribution is 5.71. The fraction of sp³-hybridized carbons (Fsp3) is 0.417. The van der Waals surface area contributed by atoms with Crippen LogP contribution in [-0.4, -0.2) is 18.2 Å². The summed E-state index contributed by atoms with van der Waals surface area (Å²) in [6, 6.07) is 5.90. The summed E-state index contributed by atoms with van der Waals surface area (Å²) >= 11 is 0. The average molecular weight is 206 g/mol. The summed E-state index contributed by atoms with van der Waals surface area (Å²) in [7, 11) is 1.62. The van der Waals surface area contributed by atoms with Gasteiger partial charge in [-0.15, -0.1) is 0 Å². The molecule has 0 unspecified atom stereocenters. The van der Waals surface area contributed by atoms with E-state index in [1.807, 2.05) is 12.1 Å². The van der Waals surface area contributed by atoms with E-state index in [-0.39, 0.29) is 5.92 Å². The number of hydrogen-bond acceptors (Lipinski definition) is 2. The van der Waals surface area contributed by atoms with Crippen LogP contribution in [0.25, 0.3) is 0 Å². The molecule has 0 amide bonds. The van der Waals surface area contributed by atoms with Crippen molar-refractivity contribution in [2.45, 2.75) is 19.3 Å². The SMILES string of the molecule is COc1cccc2c1C[C@H](C(=O)O)CC2. The molecule has 0 heterocycles. The Hall–Kier alpha value is -1.51. The molecule has 0 aromatic heterocycles. The summed E-state index contributed by atoms with van der Waals surface area (Å²) in [5, 5.41) is 8.99. The second-order valence-corrected chi connectivity index (χ2v) is 3.88. The Bertz CT molecular complexity index is 370. The fourth-order valence-electron chi connectivity index (χ4n) is 2.16. The van der Waals surface area contributed by atoms with Crippen molar-refractivity contribution in [3.63, 3.8) is 0 Å². The molecule has 80 valence electrons. The number of ether oxygens (including phenoxy) is 1. The predicted molar refractivity (Wildman–Crippen MR) is 56.1 cm³/mol. The third-order valence-electron chi connectivity index (χ3n) is 3.01. The van der Waals surface area contributed by atoms with Crippen LogP contribution in [0.1, 0.15) is 17.5 Å². The zero-order valence-electron chi connectivity index (χ0n) is 8.69. The van der Waals surface area contributed by atoms with Gasteiger partial charge >= 0.3 is 5.97 Å². The summed E-state index contributed by atoms with van der Waals surface area (Å²) in [6.07, 6.45) is 2.16. The molecule has 15 heavy (non-hydrogen) atoms. The Morgan fingerprint density at radius 1 is 1.53 bits per heavy atom. The third-order valence-corrected chi connectivity index (χ3v) is 3.01. The minimum Gasteiger partial charge on any atom is -0.496 e. The van der Waals surface area contributed by atoms with Crippen LogP contribution in [0.3, 0.4) is 0 Å². The van der Waals surface area contributed by atoms with Crippen molar-refractivity contribution in [1.82, 2.24) is 0 Å². The molecule has 0 aliphatic heterocycles. The molecule has 3 nitrogen and oxygen atoms in total. The summed E-state index contributed by atoms with van der Waals surface area (Å²) in [4.78, 5) is 10.9. The number of rotatable bonds is 2. The molecule has 1 atom stereocenters. The highest BCUT2D eigenvalue weighted by Gasteiger charge is 2.25. The van der Waals surface area contributed by atoms with Crippen LogP contribution < -0.4 is 4.74 Å². The molecule has 3 heteroatoms. The first-order valence-corrected chi connectivity index (χ1v) is 5.10. The minimum atomic E-state index is -0.702. The van der Waals surface area contributed by atoms with Gasteiger partial charge in [0.1, 0.15) is 5.75 Å². The number of carboxylic acid groups (broad SMARTS) is 1. The first-order chi connectivity index (χ1) is 7.22. The molecule has 0 saturated heterocycles. The van der Waals surface area contributed by atoms with Gasteiger partial charge in [-0.2, -0.15) is 0 Å². The van der Waals surface area contributed by atoms with Crippen molar-refractivity contribution in [2.75, 3.05) is 7.11 Å². The lowest BCUT2D eigenvalue weighted by Crippen LogP contribution is -2.22. The van der Waals surface area contributed by atoms with E-state index in [0.29, 0.717) is 6.42 Å². The van der Waals surface area contributed by atoms with Gasteiger partial charge in [0.05, 0.1) is 13.0 Å². The summed E-state index contributed by atoms with van der Waals surface area (Å²) in [6.45, 7) is 0. The fourth-order valence-corrected chi connectivity index (χ4v) is 2.16. The Morgan fingerprint density at radius 2 is 2.33 bits per heavy atom. The maximum atomic E-state index is 10.9. The number of carbonyl (C=O) groups is 1. The van der Waals surface area contributed by atoms with E-state index in [1.54, 1.807) is 7.11 Å². The molecule has 0 saturated carbocycles. The van der Waals surface area contributed by atoms with E-state index in [9.17, 15) is 4.79 Å². The van der Waals surface area contributed by atoms with Crippen LogP contribution in [0.5, 0.6) is 5.75 Å². The molecular weight excluding hydrogens is 192 g/mol. The third kappa shape index (κ3) is 1.82. The molecular formula is C12H14O3. The second-order valence-electron chi connectivity index (χ2n) is 3.88. The molecule has 0 fully saturated rings. The van der Waals surface area contributed by atoms with Gasteiger partial charge in [-0.05, 0) is 36.5 Å². The number of benzene rings is 1. The number of aliphatic carboxylic acids is 1. The van der Waals surface area contributed by atoms with Crippen LogP contribution in [0.4, 0.5) is 0 Å². The molecule has 0 bridgehead atoms. The molecule has 1 aliphatic carbocycles. The van der Waals surface area contributed by atoms with Crippen LogP contribution in [-0.2, 0) is 17.6 Å². The second kappa shape index (κ2) is 3.93. The Morgan fingerprint density at radius 3 is 3.00 bits per heavy atom. The molecule has 0 radical (unpaired) electrons. The molecule has 1 aliphatic rings. The maximum absolute atomic E-state index is 10.9. The minimum absolute atomic E-state index is 0.256. The summed E-state index contributed by atoms with van der Waals surface area (Å²) in [5.41, 5.74) is 2.30. The van der Waals surface area contributed by atoms with Crippen LogP contribution in [0, 0.1) is 5.92 Å². The van der Waals surface area contributed by atoms with E-state index < -0.39 is 5.97 Å². The van der Waals surface area contributed by atoms with Crippen LogP contribution in [0.15, 0.2) is 18.2 Å². The summed E-state index contributed by atoms with van der Waals surface area (Å²) in [5.74, 6) is -0.140. The Labute approximate surface area is 88.7 Å². The zero-order chi connectivity index (χ0) is 10.8. The Balaban J connectivity index is 2.34. The number of fused-ring (bicyclic) bond motifs is 1. The standard InChI is InChI=1S/C12H14O3/c1-15-11-4-2-3-8-5-6-9(12(13)14)7-10(8)11/h2-4,9H,5-7H2,1H3,(H,13,14)/t9-/m1/s1. The molecule has 1 aromatic rings. The van der Waals surface area contributed by atoms with E-state index in [2.05, 4.69) is 6.07 Å². The van der Waals surface area contributed by atoms with E-state index in [0.717, 1.165) is 24.2 Å². The van der Waals surface area contributed by atoms with Gasteiger partial charge in [0.15, 0.2) is 0 Å². The number of aryl methyl sites for hydroxylation is 1. The molecule has 1 N–H and O–H groups in total. The maximum Gasteiger partial charge on any atom is 0.306 e. The van der Waals surface area contributed by atoms with E-state index in [1.165, 1.54) is 5.56 Å². The quantitative estimate of drug-likeness (QED) is 0.803. The van der Waals surface area contributed by atoms with Gasteiger partial charge in [0.25, 0.3) is 0 Å². The smallest absolute Gasteiger partial charge is 0.306 e. The number of methoxy groups -OCH3 is 1. The van der Waals surface area contributed by atoms with Crippen LogP contribution >= 0.6 is 0 Å². The van der Waals surface area contributed by atoms with Gasteiger partial charge in [-0.1, -0.05) is 12.1 Å². The summed E-state index contributed by atoms with van der Waals surface area (Å²) < 4.78 is 5.25. The average Bonchev–Trinajstić information content (AvgIpc) is 2.27. The predicted octanol–water partition coefficient (Wildman–Crippen LogP) is 1.88. The molecule has 2 rings (SSSR count).